The van der Waals surface area contributed by atoms with Gasteiger partial charge in [0, 0.05) is 30.2 Å². The van der Waals surface area contributed by atoms with E-state index in [0.717, 1.165) is 24.1 Å². The fraction of sp³-hybridized carbons (Fsp3) is 0.227. The number of rotatable bonds is 6. The number of hydrogen-bond acceptors (Lipinski definition) is 6. The quantitative estimate of drug-likeness (QED) is 0.472. The molecule has 7 nitrogen and oxygen atoms in total. The maximum atomic E-state index is 12.2. The lowest BCUT2D eigenvalue weighted by Crippen LogP contribution is -2.19. The molecular formula is C22H24N6O. The Morgan fingerprint density at radius 2 is 1.93 bits per heavy atom. The lowest BCUT2D eigenvalue weighted by molar-refractivity contribution is 0.0964. The summed E-state index contributed by atoms with van der Waals surface area (Å²) in [5.74, 6) is 1.47. The Labute approximate surface area is 169 Å². The average Bonchev–Trinajstić information content (AvgIpc) is 2.68. The van der Waals surface area contributed by atoms with Gasteiger partial charge in [-0.1, -0.05) is 24.6 Å². The van der Waals surface area contributed by atoms with Gasteiger partial charge in [-0.3, -0.25) is 4.79 Å². The predicted octanol–water partition coefficient (Wildman–Crippen LogP) is 4.17. The number of benzene rings is 2. The third-order valence-corrected chi connectivity index (χ3v) is 5.16. The molecule has 29 heavy (non-hydrogen) atoms. The summed E-state index contributed by atoms with van der Waals surface area (Å²) in [5.41, 5.74) is 9.69. The molecule has 5 N–H and O–H groups in total. The molecule has 1 aliphatic rings. The molecule has 1 saturated carbocycles. The lowest BCUT2D eigenvalue weighted by Gasteiger charge is -2.27. The third kappa shape index (κ3) is 4.13. The Bertz CT molecular complexity index is 1030. The average molecular weight is 388 g/mol. The van der Waals surface area contributed by atoms with Gasteiger partial charge in [-0.25, -0.2) is 4.98 Å². The third-order valence-electron chi connectivity index (χ3n) is 5.16. The summed E-state index contributed by atoms with van der Waals surface area (Å²) in [6.45, 7) is 0. The minimum atomic E-state index is -0.148. The largest absolute Gasteiger partial charge is 0.399 e. The van der Waals surface area contributed by atoms with Crippen LogP contribution in [0, 0.1) is 0 Å². The Morgan fingerprint density at radius 3 is 2.66 bits per heavy atom. The van der Waals surface area contributed by atoms with Crippen molar-refractivity contribution in [2.24, 2.45) is 0 Å². The van der Waals surface area contributed by atoms with E-state index in [2.05, 4.69) is 20.9 Å². The number of nitrogens with zero attached hydrogens (tertiary/aromatic N) is 2. The number of anilines is 5. The van der Waals surface area contributed by atoms with Crippen LogP contribution in [-0.2, 0) is 0 Å². The van der Waals surface area contributed by atoms with E-state index in [4.69, 9.17) is 10.7 Å². The van der Waals surface area contributed by atoms with E-state index in [1.807, 2.05) is 48.7 Å². The molecule has 0 radical (unpaired) electrons. The van der Waals surface area contributed by atoms with Crippen molar-refractivity contribution in [1.29, 1.82) is 0 Å². The van der Waals surface area contributed by atoms with Crippen molar-refractivity contribution in [1.82, 2.24) is 15.3 Å². The van der Waals surface area contributed by atoms with Gasteiger partial charge in [0.2, 0.25) is 5.95 Å². The Hall–Kier alpha value is -3.61. The number of nitrogen functional groups attached to an aromatic ring is 1. The maximum absolute atomic E-state index is 12.2. The van der Waals surface area contributed by atoms with Crippen molar-refractivity contribution < 1.29 is 4.79 Å². The molecule has 0 unspecified atom stereocenters. The first-order valence-electron chi connectivity index (χ1n) is 9.71. The first-order chi connectivity index (χ1) is 14.1. The van der Waals surface area contributed by atoms with Crippen LogP contribution < -0.4 is 21.7 Å². The molecule has 0 spiro atoms. The summed E-state index contributed by atoms with van der Waals surface area (Å²) in [6, 6.07) is 14.8. The van der Waals surface area contributed by atoms with Crippen LogP contribution in [0.25, 0.3) is 0 Å². The highest BCUT2D eigenvalue weighted by molar-refractivity contribution is 6.00. The summed E-state index contributed by atoms with van der Waals surface area (Å²) >= 11 is 0. The molecule has 1 aliphatic carbocycles. The van der Waals surface area contributed by atoms with Gasteiger partial charge < -0.3 is 21.7 Å². The highest BCUT2D eigenvalue weighted by Gasteiger charge is 2.24. The Morgan fingerprint density at radius 1 is 1.10 bits per heavy atom. The van der Waals surface area contributed by atoms with Crippen LogP contribution in [0.2, 0.25) is 0 Å². The van der Waals surface area contributed by atoms with Crippen molar-refractivity contribution >= 4 is 34.7 Å². The Kier molecular flexibility index (Phi) is 5.29. The highest BCUT2D eigenvalue weighted by Crippen LogP contribution is 2.40. The molecule has 148 valence electrons. The second kappa shape index (κ2) is 8.18. The van der Waals surface area contributed by atoms with Crippen molar-refractivity contribution in [3.05, 3.63) is 65.9 Å². The summed E-state index contributed by atoms with van der Waals surface area (Å²) in [5, 5.41) is 9.25. The minimum Gasteiger partial charge on any atom is -0.399 e. The van der Waals surface area contributed by atoms with Crippen LogP contribution in [0.3, 0.4) is 0 Å². The monoisotopic (exact) mass is 388 g/mol. The van der Waals surface area contributed by atoms with E-state index >= 15 is 0 Å². The van der Waals surface area contributed by atoms with Crippen LogP contribution in [0.5, 0.6) is 0 Å². The van der Waals surface area contributed by atoms with E-state index in [-0.39, 0.29) is 5.91 Å². The van der Waals surface area contributed by atoms with Gasteiger partial charge in [-0.2, -0.15) is 4.98 Å². The van der Waals surface area contributed by atoms with Gasteiger partial charge in [0.15, 0.2) is 0 Å². The van der Waals surface area contributed by atoms with Crippen LogP contribution in [0.4, 0.5) is 28.8 Å². The molecule has 4 rings (SSSR count). The second-order valence-electron chi connectivity index (χ2n) is 7.13. The molecule has 7 heteroatoms. The number of hydrogen-bond donors (Lipinski definition) is 4. The van der Waals surface area contributed by atoms with Gasteiger partial charge >= 0.3 is 0 Å². The van der Waals surface area contributed by atoms with Gasteiger partial charge in [-0.15, -0.1) is 0 Å². The van der Waals surface area contributed by atoms with Crippen molar-refractivity contribution in [3.63, 3.8) is 0 Å². The molecule has 2 aromatic carbocycles. The molecule has 1 amide bonds. The minimum absolute atomic E-state index is 0.148. The smallest absolute Gasteiger partial charge is 0.253 e. The highest BCUT2D eigenvalue weighted by atomic mass is 16.1. The molecule has 0 bridgehead atoms. The van der Waals surface area contributed by atoms with Crippen molar-refractivity contribution in [3.8, 4) is 0 Å². The molecule has 1 heterocycles. The Balaban J connectivity index is 1.68. The first-order valence-corrected chi connectivity index (χ1v) is 9.71. The first kappa shape index (κ1) is 18.7. The number of para-hydroxylation sites is 1. The van der Waals surface area contributed by atoms with Crippen molar-refractivity contribution in [2.75, 3.05) is 23.4 Å². The van der Waals surface area contributed by atoms with Crippen LogP contribution >= 0.6 is 0 Å². The van der Waals surface area contributed by atoms with Crippen LogP contribution in [-0.4, -0.2) is 22.9 Å². The standard InChI is InChI=1S/C22H24N6O/c1-24-21(29)17-10-2-3-11-19(17)27-20-18(14-6-4-7-14)13-25-22(28-20)26-16-9-5-8-15(23)12-16/h2-3,5,8-14H,4,6-7,23H2,1H3,(H,24,29)(H2,25,26,27,28). The molecule has 1 aromatic heterocycles. The number of nitrogens with two attached hydrogens (primary N) is 1. The van der Waals surface area contributed by atoms with Crippen LogP contribution in [0.15, 0.2) is 54.7 Å². The topological polar surface area (TPSA) is 105 Å². The second-order valence-corrected chi connectivity index (χ2v) is 7.13. The van der Waals surface area contributed by atoms with E-state index < -0.39 is 0 Å². The summed E-state index contributed by atoms with van der Waals surface area (Å²) < 4.78 is 0. The summed E-state index contributed by atoms with van der Waals surface area (Å²) in [6.07, 6.45) is 5.33. The number of carbonyl (C=O) groups is 1. The van der Waals surface area contributed by atoms with Gasteiger partial charge in [0.05, 0.1) is 11.3 Å². The fourth-order valence-electron chi connectivity index (χ4n) is 3.37. The molecular weight excluding hydrogens is 364 g/mol. The van der Waals surface area contributed by atoms with Gasteiger partial charge in [0.25, 0.3) is 5.91 Å². The predicted molar refractivity (Wildman–Crippen MR) is 116 cm³/mol. The molecule has 0 aliphatic heterocycles. The number of aromatic nitrogens is 2. The summed E-state index contributed by atoms with van der Waals surface area (Å²) in [7, 11) is 1.62. The van der Waals surface area contributed by atoms with Gasteiger partial charge in [0.1, 0.15) is 5.82 Å². The molecule has 0 saturated heterocycles. The lowest BCUT2D eigenvalue weighted by atomic mass is 9.80. The molecule has 1 fully saturated rings. The van der Waals surface area contributed by atoms with Crippen LogP contribution in [0.1, 0.15) is 41.1 Å². The fourth-order valence-corrected chi connectivity index (χ4v) is 3.37. The van der Waals surface area contributed by atoms with E-state index in [1.54, 1.807) is 13.1 Å². The summed E-state index contributed by atoms with van der Waals surface area (Å²) in [4.78, 5) is 21.5. The zero-order valence-corrected chi connectivity index (χ0v) is 16.3. The normalized spacial score (nSPS) is 13.4. The SMILES string of the molecule is CNC(=O)c1ccccc1Nc1nc(Nc2cccc(N)c2)ncc1C1CCC1. The number of nitrogens with one attached hydrogen (secondary N) is 3. The molecule has 3 aromatic rings. The van der Waals surface area contributed by atoms with E-state index in [0.29, 0.717) is 34.6 Å². The van der Waals surface area contributed by atoms with E-state index in [1.165, 1.54) is 6.42 Å². The van der Waals surface area contributed by atoms with Gasteiger partial charge in [-0.05, 0) is 49.1 Å². The maximum Gasteiger partial charge on any atom is 0.253 e. The zero-order chi connectivity index (χ0) is 20.2. The van der Waals surface area contributed by atoms with Crippen molar-refractivity contribution in [2.45, 2.75) is 25.2 Å². The number of amides is 1. The molecule has 0 atom stereocenters. The van der Waals surface area contributed by atoms with E-state index in [9.17, 15) is 4.79 Å². The number of carbonyl (C=O) groups excluding carboxylic acids is 1. The zero-order valence-electron chi connectivity index (χ0n) is 16.3.